The summed E-state index contributed by atoms with van der Waals surface area (Å²) in [5.41, 5.74) is 4.01. The van der Waals surface area contributed by atoms with Crippen LogP contribution < -0.4 is 14.8 Å². The number of ketones is 1. The molecular formula is C28H23ClN2O3. The summed E-state index contributed by atoms with van der Waals surface area (Å²) in [6, 6.07) is 20.3. The third-order valence-electron chi connectivity index (χ3n) is 5.12. The standard InChI is InChI=1S/C28H23ClN2O3/c1-3-16-34-27-13-5-19(17-28(27)33-2)4-12-26(32)20-6-9-22(10-7-20)31-24-14-15-30-25-18-21(29)8-11-23(24)25/h3-15,17-18H,1,16H2,2H3,(H,30,31)/b12-4+. The van der Waals surface area contributed by atoms with E-state index >= 15 is 0 Å². The second kappa shape index (κ2) is 10.7. The van der Waals surface area contributed by atoms with Gasteiger partial charge in [-0.3, -0.25) is 9.78 Å². The second-order valence-electron chi connectivity index (χ2n) is 7.43. The second-order valence-corrected chi connectivity index (χ2v) is 7.87. The molecule has 6 heteroatoms. The van der Waals surface area contributed by atoms with Crippen LogP contribution in [-0.2, 0) is 0 Å². The molecule has 0 spiro atoms. The van der Waals surface area contributed by atoms with Crippen molar-refractivity contribution >= 4 is 45.7 Å². The zero-order chi connectivity index (χ0) is 23.9. The first-order valence-corrected chi connectivity index (χ1v) is 11.0. The molecule has 0 saturated carbocycles. The van der Waals surface area contributed by atoms with E-state index < -0.39 is 0 Å². The van der Waals surface area contributed by atoms with E-state index in [-0.39, 0.29) is 5.78 Å². The van der Waals surface area contributed by atoms with Gasteiger partial charge in [-0.2, -0.15) is 0 Å². The molecule has 0 saturated heterocycles. The number of aromatic nitrogens is 1. The van der Waals surface area contributed by atoms with Crippen LogP contribution in [0.3, 0.4) is 0 Å². The number of hydrogen-bond donors (Lipinski definition) is 1. The molecule has 0 aliphatic rings. The highest BCUT2D eigenvalue weighted by Crippen LogP contribution is 2.29. The number of fused-ring (bicyclic) bond motifs is 1. The Kier molecular flexibility index (Phi) is 7.25. The molecule has 0 bridgehead atoms. The molecule has 0 amide bonds. The molecule has 170 valence electrons. The van der Waals surface area contributed by atoms with E-state index in [4.69, 9.17) is 21.1 Å². The number of ether oxygens (including phenoxy) is 2. The number of allylic oxidation sites excluding steroid dienone is 1. The van der Waals surface area contributed by atoms with Gasteiger partial charge in [0.25, 0.3) is 0 Å². The number of nitrogens with one attached hydrogen (secondary N) is 1. The Morgan fingerprint density at radius 3 is 2.65 bits per heavy atom. The number of halogens is 1. The van der Waals surface area contributed by atoms with Crippen LogP contribution in [0.1, 0.15) is 15.9 Å². The zero-order valence-corrected chi connectivity index (χ0v) is 19.4. The minimum Gasteiger partial charge on any atom is -0.493 e. The molecule has 5 nitrogen and oxygen atoms in total. The van der Waals surface area contributed by atoms with Crippen LogP contribution in [0.25, 0.3) is 17.0 Å². The van der Waals surface area contributed by atoms with Gasteiger partial charge in [-0.15, -0.1) is 0 Å². The highest BCUT2D eigenvalue weighted by molar-refractivity contribution is 6.31. The first kappa shape index (κ1) is 23.1. The van der Waals surface area contributed by atoms with E-state index in [1.54, 1.807) is 43.7 Å². The Morgan fingerprint density at radius 2 is 1.88 bits per heavy atom. The normalized spacial score (nSPS) is 10.9. The van der Waals surface area contributed by atoms with Gasteiger partial charge in [0.1, 0.15) is 6.61 Å². The van der Waals surface area contributed by atoms with Crippen LogP contribution in [0.15, 0.2) is 91.7 Å². The largest absolute Gasteiger partial charge is 0.493 e. The molecule has 1 aromatic heterocycles. The average Bonchev–Trinajstić information content (AvgIpc) is 2.86. The third kappa shape index (κ3) is 5.45. The monoisotopic (exact) mass is 470 g/mol. The van der Waals surface area contributed by atoms with Crippen LogP contribution in [0, 0.1) is 0 Å². The number of nitrogens with zero attached hydrogens (tertiary/aromatic N) is 1. The molecule has 0 aliphatic heterocycles. The van der Waals surface area contributed by atoms with E-state index in [0.717, 1.165) is 27.8 Å². The first-order chi connectivity index (χ1) is 16.6. The summed E-state index contributed by atoms with van der Waals surface area (Å²) in [4.78, 5) is 17.0. The fraction of sp³-hybridized carbons (Fsp3) is 0.0714. The Balaban J connectivity index is 1.45. The summed E-state index contributed by atoms with van der Waals surface area (Å²) in [5.74, 6) is 1.12. The van der Waals surface area contributed by atoms with Gasteiger partial charge in [-0.25, -0.2) is 0 Å². The van der Waals surface area contributed by atoms with Crippen molar-refractivity contribution in [3.63, 3.8) is 0 Å². The minimum absolute atomic E-state index is 0.0958. The van der Waals surface area contributed by atoms with Crippen molar-refractivity contribution in [3.8, 4) is 11.5 Å². The number of carbonyl (C=O) groups is 1. The van der Waals surface area contributed by atoms with E-state index in [1.165, 1.54) is 0 Å². The minimum atomic E-state index is -0.0958. The van der Waals surface area contributed by atoms with Crippen molar-refractivity contribution in [2.75, 3.05) is 19.0 Å². The van der Waals surface area contributed by atoms with Crippen LogP contribution in [0.5, 0.6) is 11.5 Å². The van der Waals surface area contributed by atoms with E-state index in [1.807, 2.05) is 54.6 Å². The van der Waals surface area contributed by atoms with Gasteiger partial charge in [-0.05, 0) is 72.3 Å². The van der Waals surface area contributed by atoms with Crippen molar-refractivity contribution < 1.29 is 14.3 Å². The average molecular weight is 471 g/mol. The molecule has 3 aromatic carbocycles. The number of benzene rings is 3. The molecule has 0 atom stereocenters. The fourth-order valence-electron chi connectivity index (χ4n) is 3.43. The van der Waals surface area contributed by atoms with Crippen molar-refractivity contribution in [3.05, 3.63) is 108 Å². The highest BCUT2D eigenvalue weighted by Gasteiger charge is 2.07. The van der Waals surface area contributed by atoms with Crippen LogP contribution >= 0.6 is 11.6 Å². The van der Waals surface area contributed by atoms with Crippen molar-refractivity contribution in [2.45, 2.75) is 0 Å². The lowest BCUT2D eigenvalue weighted by atomic mass is 10.1. The molecule has 34 heavy (non-hydrogen) atoms. The van der Waals surface area contributed by atoms with Crippen LogP contribution in [0.2, 0.25) is 5.02 Å². The predicted molar refractivity (Wildman–Crippen MR) is 139 cm³/mol. The fourth-order valence-corrected chi connectivity index (χ4v) is 3.59. The SMILES string of the molecule is C=CCOc1ccc(/C=C/C(=O)c2ccc(Nc3ccnc4cc(Cl)ccc34)cc2)cc1OC. The number of rotatable bonds is 9. The molecule has 4 aromatic rings. The highest BCUT2D eigenvalue weighted by atomic mass is 35.5. The Bertz CT molecular complexity index is 1360. The molecule has 1 N–H and O–H groups in total. The Labute approximate surface area is 203 Å². The summed E-state index contributed by atoms with van der Waals surface area (Å²) in [7, 11) is 1.58. The van der Waals surface area contributed by atoms with Gasteiger partial charge >= 0.3 is 0 Å². The van der Waals surface area contributed by atoms with E-state index in [2.05, 4.69) is 16.9 Å². The summed E-state index contributed by atoms with van der Waals surface area (Å²) >= 11 is 6.07. The quantitative estimate of drug-likeness (QED) is 0.160. The smallest absolute Gasteiger partial charge is 0.185 e. The van der Waals surface area contributed by atoms with Gasteiger partial charge in [-0.1, -0.05) is 36.4 Å². The number of hydrogen-bond acceptors (Lipinski definition) is 5. The number of carbonyl (C=O) groups excluding carboxylic acids is 1. The molecular weight excluding hydrogens is 448 g/mol. The topological polar surface area (TPSA) is 60.5 Å². The summed E-state index contributed by atoms with van der Waals surface area (Å²) in [5, 5.41) is 4.98. The maximum absolute atomic E-state index is 12.7. The van der Waals surface area contributed by atoms with Crippen molar-refractivity contribution in [1.29, 1.82) is 0 Å². The van der Waals surface area contributed by atoms with E-state index in [0.29, 0.717) is 28.7 Å². The lowest BCUT2D eigenvalue weighted by molar-refractivity contribution is 0.104. The Hall–Kier alpha value is -4.09. The molecule has 0 fully saturated rings. The summed E-state index contributed by atoms with van der Waals surface area (Å²) in [6.07, 6.45) is 6.70. The molecule has 0 aliphatic carbocycles. The van der Waals surface area contributed by atoms with Gasteiger partial charge in [0.2, 0.25) is 0 Å². The molecule has 4 rings (SSSR count). The molecule has 0 radical (unpaired) electrons. The number of pyridine rings is 1. The third-order valence-corrected chi connectivity index (χ3v) is 5.36. The zero-order valence-electron chi connectivity index (χ0n) is 18.6. The lowest BCUT2D eigenvalue weighted by Gasteiger charge is -2.10. The molecule has 1 heterocycles. The summed E-state index contributed by atoms with van der Waals surface area (Å²) in [6.45, 7) is 4.03. The number of anilines is 2. The van der Waals surface area contributed by atoms with Gasteiger partial charge < -0.3 is 14.8 Å². The molecule has 0 unspecified atom stereocenters. The van der Waals surface area contributed by atoms with Crippen LogP contribution in [0.4, 0.5) is 11.4 Å². The summed E-state index contributed by atoms with van der Waals surface area (Å²) < 4.78 is 10.9. The van der Waals surface area contributed by atoms with Gasteiger partial charge in [0.05, 0.1) is 12.6 Å². The van der Waals surface area contributed by atoms with Crippen LogP contribution in [-0.4, -0.2) is 24.5 Å². The lowest BCUT2D eigenvalue weighted by Crippen LogP contribution is -1.97. The maximum Gasteiger partial charge on any atom is 0.185 e. The predicted octanol–water partition coefficient (Wildman–Crippen LogP) is 7.10. The maximum atomic E-state index is 12.7. The number of methoxy groups -OCH3 is 1. The van der Waals surface area contributed by atoms with E-state index in [9.17, 15) is 4.79 Å². The van der Waals surface area contributed by atoms with Crippen molar-refractivity contribution in [1.82, 2.24) is 4.98 Å². The van der Waals surface area contributed by atoms with Gasteiger partial charge in [0, 0.05) is 33.5 Å². The van der Waals surface area contributed by atoms with Gasteiger partial charge in [0.15, 0.2) is 17.3 Å². The Morgan fingerprint density at radius 1 is 1.06 bits per heavy atom. The van der Waals surface area contributed by atoms with Crippen molar-refractivity contribution in [2.24, 2.45) is 0 Å². The first-order valence-electron chi connectivity index (χ1n) is 10.6.